The summed E-state index contributed by atoms with van der Waals surface area (Å²) in [7, 11) is 1.73. The summed E-state index contributed by atoms with van der Waals surface area (Å²) in [6.45, 7) is 6.70. The first kappa shape index (κ1) is 22.5. The van der Waals surface area contributed by atoms with Gasteiger partial charge in [-0.15, -0.1) is 11.3 Å². The number of carbonyl (C=O) groups excluding carboxylic acids is 1. The van der Waals surface area contributed by atoms with E-state index < -0.39 is 0 Å². The minimum Gasteiger partial charge on any atom is -0.462 e. The lowest BCUT2D eigenvalue weighted by Crippen LogP contribution is -2.39. The van der Waals surface area contributed by atoms with Gasteiger partial charge in [0.1, 0.15) is 9.88 Å². The summed E-state index contributed by atoms with van der Waals surface area (Å²) in [6.07, 6.45) is 4.55. The van der Waals surface area contributed by atoms with Gasteiger partial charge in [0.2, 0.25) is 0 Å². The van der Waals surface area contributed by atoms with Crippen molar-refractivity contribution >= 4 is 23.3 Å². The molecule has 1 unspecified atom stereocenters. The number of hydrogen-bond acceptors (Lipinski definition) is 6. The van der Waals surface area contributed by atoms with Crippen molar-refractivity contribution < 1.29 is 9.53 Å². The summed E-state index contributed by atoms with van der Waals surface area (Å²) in [6, 6.07) is 10.1. The Bertz CT molecular complexity index is 1010. The smallest absolute Gasteiger partial charge is 0.350 e. The molecule has 2 aromatic heterocycles. The van der Waals surface area contributed by atoms with E-state index in [-0.39, 0.29) is 12.0 Å². The third kappa shape index (κ3) is 5.91. The highest BCUT2D eigenvalue weighted by atomic mass is 32.1. The summed E-state index contributed by atoms with van der Waals surface area (Å²) in [5.41, 5.74) is 2.95. The Morgan fingerprint density at radius 3 is 2.74 bits per heavy atom. The van der Waals surface area contributed by atoms with E-state index in [0.29, 0.717) is 23.1 Å². The quantitative estimate of drug-likeness (QED) is 0.317. The number of guanidine groups is 1. The molecule has 3 aromatic rings. The van der Waals surface area contributed by atoms with Crippen LogP contribution in [0.1, 0.15) is 45.8 Å². The summed E-state index contributed by atoms with van der Waals surface area (Å²) >= 11 is 1.35. The molecular weight excluding hydrogens is 412 g/mol. The summed E-state index contributed by atoms with van der Waals surface area (Å²) in [5.74, 6) is 0.364. The average Bonchev–Trinajstić information content (AvgIpc) is 3.43. The average molecular weight is 441 g/mol. The van der Waals surface area contributed by atoms with Gasteiger partial charge in [-0.25, -0.2) is 14.5 Å². The Balaban J connectivity index is 1.51. The van der Waals surface area contributed by atoms with E-state index >= 15 is 0 Å². The van der Waals surface area contributed by atoms with Crippen LogP contribution in [-0.4, -0.2) is 46.9 Å². The van der Waals surface area contributed by atoms with Gasteiger partial charge in [-0.05, 0) is 51.0 Å². The molecule has 0 radical (unpaired) electrons. The maximum Gasteiger partial charge on any atom is 0.350 e. The Hall–Kier alpha value is -3.20. The molecule has 0 saturated heterocycles. The molecule has 2 N–H and O–H groups in total. The second kappa shape index (κ2) is 10.7. The minimum absolute atomic E-state index is 0.0913. The highest BCUT2D eigenvalue weighted by Crippen LogP contribution is 2.24. The topological polar surface area (TPSA) is 93.4 Å². The maximum atomic E-state index is 12.0. The first-order valence-electron chi connectivity index (χ1n) is 10.2. The Kier molecular flexibility index (Phi) is 7.77. The van der Waals surface area contributed by atoms with Crippen LogP contribution >= 0.6 is 11.3 Å². The van der Waals surface area contributed by atoms with Gasteiger partial charge in [-0.2, -0.15) is 5.10 Å². The number of thiazole rings is 1. The van der Waals surface area contributed by atoms with Crippen LogP contribution in [0.15, 0.2) is 47.7 Å². The van der Waals surface area contributed by atoms with Gasteiger partial charge >= 0.3 is 5.97 Å². The van der Waals surface area contributed by atoms with Crippen molar-refractivity contribution in [3.05, 3.63) is 63.9 Å². The molecule has 1 aromatic carbocycles. The number of nitrogens with one attached hydrogen (secondary N) is 2. The number of esters is 1. The van der Waals surface area contributed by atoms with Gasteiger partial charge in [-0.3, -0.25) is 4.99 Å². The number of aromatic nitrogens is 3. The molecule has 0 spiro atoms. The number of benzene rings is 1. The zero-order valence-corrected chi connectivity index (χ0v) is 19.1. The van der Waals surface area contributed by atoms with Crippen LogP contribution in [0, 0.1) is 6.92 Å². The van der Waals surface area contributed by atoms with Crippen LogP contribution in [-0.2, 0) is 11.2 Å². The lowest BCUT2D eigenvalue weighted by molar-refractivity contribution is 0.0531. The third-order valence-corrected chi connectivity index (χ3v) is 5.95. The predicted molar refractivity (Wildman–Crippen MR) is 123 cm³/mol. The Morgan fingerprint density at radius 1 is 1.32 bits per heavy atom. The number of rotatable bonds is 8. The number of aryl methyl sites for hydroxylation is 1. The van der Waals surface area contributed by atoms with Crippen LogP contribution in [0.5, 0.6) is 0 Å². The molecule has 0 amide bonds. The molecule has 0 aliphatic heterocycles. The molecular formula is C22H28N6O2S. The van der Waals surface area contributed by atoms with E-state index in [0.717, 1.165) is 23.7 Å². The van der Waals surface area contributed by atoms with Gasteiger partial charge in [0.05, 0.1) is 24.0 Å². The molecule has 0 aliphatic carbocycles. The van der Waals surface area contributed by atoms with Gasteiger partial charge in [0.25, 0.3) is 0 Å². The summed E-state index contributed by atoms with van der Waals surface area (Å²) < 4.78 is 6.93. The number of hydrogen-bond donors (Lipinski definition) is 2. The standard InChI is InChI=1S/C22H28N6O2S/c1-5-30-21(29)19-15(2)26-20(31-19)16(3)27-22(23-4)24-13-11-17-7-9-18(10-8-17)28-14-6-12-25-28/h6-10,12,14,16H,5,11,13H2,1-4H3,(H2,23,24,27). The first-order chi connectivity index (χ1) is 15.0. The third-order valence-electron chi connectivity index (χ3n) is 4.63. The number of aliphatic imine (C=N–C) groups is 1. The highest BCUT2D eigenvalue weighted by molar-refractivity contribution is 7.13. The Labute approximate surface area is 186 Å². The predicted octanol–water partition coefficient (Wildman–Crippen LogP) is 3.28. The van der Waals surface area contributed by atoms with Crippen molar-refractivity contribution in [1.82, 2.24) is 25.4 Å². The van der Waals surface area contributed by atoms with Crippen LogP contribution in [0.25, 0.3) is 5.69 Å². The number of ether oxygens (including phenoxy) is 1. The Morgan fingerprint density at radius 2 is 2.10 bits per heavy atom. The van der Waals surface area contributed by atoms with E-state index in [9.17, 15) is 4.79 Å². The SMILES string of the molecule is CCOC(=O)c1sc(C(C)NC(=NC)NCCc2ccc(-n3cccn3)cc2)nc1C. The van der Waals surface area contributed by atoms with E-state index in [1.54, 1.807) is 20.2 Å². The number of carbonyl (C=O) groups is 1. The second-order valence-corrected chi connectivity index (χ2v) is 7.95. The van der Waals surface area contributed by atoms with Crippen LogP contribution < -0.4 is 10.6 Å². The first-order valence-corrected chi connectivity index (χ1v) is 11.0. The molecule has 31 heavy (non-hydrogen) atoms. The molecule has 0 aliphatic rings. The summed E-state index contributed by atoms with van der Waals surface area (Å²) in [4.78, 5) is 21.4. The molecule has 3 rings (SSSR count). The highest BCUT2D eigenvalue weighted by Gasteiger charge is 2.20. The van der Waals surface area contributed by atoms with Crippen molar-refractivity contribution in [3.63, 3.8) is 0 Å². The molecule has 9 heteroatoms. The van der Waals surface area contributed by atoms with Gasteiger partial charge in [0, 0.05) is 26.0 Å². The molecule has 0 bridgehead atoms. The molecule has 8 nitrogen and oxygen atoms in total. The van der Waals surface area contributed by atoms with Gasteiger partial charge < -0.3 is 15.4 Å². The van der Waals surface area contributed by atoms with E-state index in [2.05, 4.69) is 50.0 Å². The van der Waals surface area contributed by atoms with E-state index in [1.807, 2.05) is 30.8 Å². The van der Waals surface area contributed by atoms with E-state index in [1.165, 1.54) is 16.9 Å². The summed E-state index contributed by atoms with van der Waals surface area (Å²) in [5, 5.41) is 11.7. The van der Waals surface area contributed by atoms with E-state index in [4.69, 9.17) is 4.74 Å². The lowest BCUT2D eigenvalue weighted by Gasteiger charge is -2.16. The minimum atomic E-state index is -0.322. The zero-order chi connectivity index (χ0) is 22.2. The van der Waals surface area contributed by atoms with Crippen molar-refractivity contribution in [2.45, 2.75) is 33.2 Å². The molecule has 0 fully saturated rings. The molecule has 1 atom stereocenters. The molecule has 0 saturated carbocycles. The fourth-order valence-electron chi connectivity index (χ4n) is 3.01. The lowest BCUT2D eigenvalue weighted by atomic mass is 10.1. The van der Waals surface area contributed by atoms with Crippen molar-refractivity contribution in [2.24, 2.45) is 4.99 Å². The fourth-order valence-corrected chi connectivity index (χ4v) is 3.98. The fraction of sp³-hybridized carbons (Fsp3) is 0.364. The van der Waals surface area contributed by atoms with Crippen molar-refractivity contribution in [1.29, 1.82) is 0 Å². The van der Waals surface area contributed by atoms with Crippen LogP contribution in [0.4, 0.5) is 0 Å². The zero-order valence-electron chi connectivity index (χ0n) is 18.3. The number of nitrogens with zero attached hydrogens (tertiary/aromatic N) is 4. The normalized spacial score (nSPS) is 12.5. The van der Waals surface area contributed by atoms with Gasteiger partial charge in [-0.1, -0.05) is 12.1 Å². The monoisotopic (exact) mass is 440 g/mol. The molecule has 2 heterocycles. The van der Waals surface area contributed by atoms with Crippen molar-refractivity contribution in [2.75, 3.05) is 20.2 Å². The largest absolute Gasteiger partial charge is 0.462 e. The van der Waals surface area contributed by atoms with Crippen LogP contribution in [0.3, 0.4) is 0 Å². The van der Waals surface area contributed by atoms with Crippen LogP contribution in [0.2, 0.25) is 0 Å². The second-order valence-electron chi connectivity index (χ2n) is 6.92. The van der Waals surface area contributed by atoms with Gasteiger partial charge in [0.15, 0.2) is 5.96 Å². The van der Waals surface area contributed by atoms with Crippen molar-refractivity contribution in [3.8, 4) is 5.69 Å². The maximum absolute atomic E-state index is 12.0. The molecule has 164 valence electrons.